The number of aromatic nitrogens is 1. The molecule has 2 saturated carbocycles. The highest BCUT2D eigenvalue weighted by molar-refractivity contribution is 7.88. The number of nitrogens with one attached hydrogen (secondary N) is 1. The number of guanidine groups is 1. The van der Waals surface area contributed by atoms with Crippen molar-refractivity contribution in [3.63, 3.8) is 0 Å². The summed E-state index contributed by atoms with van der Waals surface area (Å²) in [5.41, 5.74) is 0.667. The van der Waals surface area contributed by atoms with Gasteiger partial charge in [0.05, 0.1) is 11.8 Å². The van der Waals surface area contributed by atoms with Crippen molar-refractivity contribution in [1.29, 1.82) is 0 Å². The van der Waals surface area contributed by atoms with Crippen molar-refractivity contribution >= 4 is 16.0 Å². The Morgan fingerprint density at radius 1 is 1.33 bits per heavy atom. The van der Waals surface area contributed by atoms with Crippen molar-refractivity contribution in [1.82, 2.24) is 19.7 Å². The fraction of sp³-hybridized carbons (Fsp3) is 0.800. The van der Waals surface area contributed by atoms with E-state index in [9.17, 15) is 8.42 Å². The maximum Gasteiger partial charge on any atom is 0.220 e. The third-order valence-electron chi connectivity index (χ3n) is 6.96. The molecular formula is C20H33N5O4S. The second kappa shape index (κ2) is 8.84. The number of aliphatic imine (C=N–C) groups is 1. The van der Waals surface area contributed by atoms with Crippen molar-refractivity contribution in [2.24, 2.45) is 10.4 Å². The van der Waals surface area contributed by atoms with Crippen LogP contribution in [0.5, 0.6) is 0 Å². The number of hydrogen-bond acceptors (Lipinski definition) is 6. The van der Waals surface area contributed by atoms with Gasteiger partial charge in [0.15, 0.2) is 5.96 Å². The van der Waals surface area contributed by atoms with Crippen LogP contribution in [0.15, 0.2) is 21.8 Å². The number of piperazine rings is 1. The van der Waals surface area contributed by atoms with Crippen LogP contribution in [-0.4, -0.2) is 80.7 Å². The SMILES string of the molecule is CCOC1CC(NC(=NC)N2CCN(S(=O)(=O)Cc3ccon3)CC2)C12CCCC2. The smallest absolute Gasteiger partial charge is 0.220 e. The van der Waals surface area contributed by atoms with E-state index in [1.165, 1.54) is 31.9 Å². The molecule has 1 N–H and O–H groups in total. The fourth-order valence-corrected chi connectivity index (χ4v) is 6.74. The predicted molar refractivity (Wildman–Crippen MR) is 113 cm³/mol. The first-order chi connectivity index (χ1) is 14.5. The standard InChI is InChI=1S/C20H33N5O4S/c1-3-28-18-14-17(20(18)7-4-5-8-20)22-19(21-2)24-9-11-25(12-10-24)30(26,27)15-16-6-13-29-23-16/h6,13,17-18H,3-5,7-12,14-15H2,1-2H3,(H,21,22). The first-order valence-electron chi connectivity index (χ1n) is 11.0. The molecule has 0 aromatic carbocycles. The van der Waals surface area contributed by atoms with E-state index < -0.39 is 10.0 Å². The van der Waals surface area contributed by atoms with Gasteiger partial charge in [-0.3, -0.25) is 4.99 Å². The third kappa shape index (κ3) is 4.09. The fourth-order valence-electron chi connectivity index (χ4n) is 5.31. The lowest BCUT2D eigenvalue weighted by atomic mass is 9.60. The van der Waals surface area contributed by atoms with Crippen LogP contribution in [0.3, 0.4) is 0 Å². The number of hydrogen-bond donors (Lipinski definition) is 1. The highest BCUT2D eigenvalue weighted by atomic mass is 32.2. The Kier molecular flexibility index (Phi) is 6.36. The summed E-state index contributed by atoms with van der Waals surface area (Å²) in [4.78, 5) is 6.67. The molecule has 10 heteroatoms. The molecule has 2 atom stereocenters. The van der Waals surface area contributed by atoms with Crippen LogP contribution in [0, 0.1) is 5.41 Å². The normalized spacial score (nSPS) is 27.4. The van der Waals surface area contributed by atoms with Gasteiger partial charge < -0.3 is 19.5 Å². The Hall–Kier alpha value is -1.65. The van der Waals surface area contributed by atoms with Gasteiger partial charge in [0, 0.05) is 57.4 Å². The summed E-state index contributed by atoms with van der Waals surface area (Å²) in [6.07, 6.45) is 7.70. The first-order valence-corrected chi connectivity index (χ1v) is 12.6. The molecule has 2 unspecified atom stereocenters. The van der Waals surface area contributed by atoms with Crippen LogP contribution in [0.4, 0.5) is 0 Å². The molecule has 2 heterocycles. The minimum Gasteiger partial charge on any atom is -0.378 e. The second-order valence-corrected chi connectivity index (χ2v) is 10.5. The van der Waals surface area contributed by atoms with Crippen LogP contribution in [0.1, 0.15) is 44.7 Å². The van der Waals surface area contributed by atoms with Gasteiger partial charge in [-0.15, -0.1) is 0 Å². The van der Waals surface area contributed by atoms with Crippen molar-refractivity contribution in [3.05, 3.63) is 18.0 Å². The van der Waals surface area contributed by atoms with Gasteiger partial charge in [0.25, 0.3) is 0 Å². The number of ether oxygens (including phenoxy) is 1. The lowest BCUT2D eigenvalue weighted by Gasteiger charge is -2.55. The molecule has 0 radical (unpaired) electrons. The molecule has 3 aliphatic rings. The summed E-state index contributed by atoms with van der Waals surface area (Å²) in [5, 5.41) is 7.41. The first kappa shape index (κ1) is 21.6. The van der Waals surface area contributed by atoms with Gasteiger partial charge in [-0.25, -0.2) is 8.42 Å². The van der Waals surface area contributed by atoms with Crippen molar-refractivity contribution in [3.8, 4) is 0 Å². The van der Waals surface area contributed by atoms with Crippen molar-refractivity contribution < 1.29 is 17.7 Å². The summed E-state index contributed by atoms with van der Waals surface area (Å²) in [7, 11) is -1.60. The van der Waals surface area contributed by atoms with E-state index in [2.05, 4.69) is 27.3 Å². The minimum absolute atomic E-state index is 0.125. The molecule has 0 amide bonds. The zero-order valence-electron chi connectivity index (χ0n) is 17.9. The lowest BCUT2D eigenvalue weighted by Crippen LogP contribution is -2.66. The highest BCUT2D eigenvalue weighted by Gasteiger charge is 2.57. The summed E-state index contributed by atoms with van der Waals surface area (Å²) in [5.74, 6) is 0.745. The molecule has 9 nitrogen and oxygen atoms in total. The van der Waals surface area contributed by atoms with Crippen molar-refractivity contribution in [2.45, 2.75) is 56.9 Å². The minimum atomic E-state index is -3.40. The second-order valence-electron chi connectivity index (χ2n) is 8.50. The Morgan fingerprint density at radius 2 is 2.07 bits per heavy atom. The van der Waals surface area contributed by atoms with Gasteiger partial charge in [-0.05, 0) is 26.2 Å². The van der Waals surface area contributed by atoms with Crippen LogP contribution >= 0.6 is 0 Å². The molecule has 4 rings (SSSR count). The molecule has 1 aromatic rings. The maximum atomic E-state index is 12.7. The highest BCUT2D eigenvalue weighted by Crippen LogP contribution is 2.54. The Bertz CT molecular complexity index is 827. The summed E-state index contributed by atoms with van der Waals surface area (Å²) in [6.45, 7) is 4.95. The van der Waals surface area contributed by atoms with Crippen LogP contribution < -0.4 is 5.32 Å². The zero-order valence-corrected chi connectivity index (χ0v) is 18.7. The Morgan fingerprint density at radius 3 is 2.67 bits per heavy atom. The summed E-state index contributed by atoms with van der Waals surface area (Å²) in [6, 6.07) is 1.97. The van der Waals surface area contributed by atoms with E-state index in [1.807, 2.05) is 0 Å². The predicted octanol–water partition coefficient (Wildman–Crippen LogP) is 1.44. The molecule has 1 spiro atoms. The average Bonchev–Trinajstić information content (AvgIpc) is 3.43. The van der Waals surface area contributed by atoms with Crippen LogP contribution in [-0.2, 0) is 20.5 Å². The van der Waals surface area contributed by atoms with E-state index in [0.29, 0.717) is 44.0 Å². The number of nitrogens with zero attached hydrogens (tertiary/aromatic N) is 4. The van der Waals surface area contributed by atoms with Crippen molar-refractivity contribution in [2.75, 3.05) is 39.8 Å². The zero-order chi connectivity index (χ0) is 21.2. The number of sulfonamides is 1. The molecule has 1 saturated heterocycles. The van der Waals surface area contributed by atoms with Gasteiger partial charge in [-0.1, -0.05) is 18.0 Å². The third-order valence-corrected chi connectivity index (χ3v) is 8.77. The molecule has 30 heavy (non-hydrogen) atoms. The molecule has 3 fully saturated rings. The molecular weight excluding hydrogens is 406 g/mol. The monoisotopic (exact) mass is 439 g/mol. The topological polar surface area (TPSA) is 100 Å². The maximum absolute atomic E-state index is 12.7. The van der Waals surface area contributed by atoms with E-state index in [-0.39, 0.29) is 11.2 Å². The van der Waals surface area contributed by atoms with Gasteiger partial charge >= 0.3 is 0 Å². The molecule has 0 bridgehead atoms. The lowest BCUT2D eigenvalue weighted by molar-refractivity contribution is -0.126. The van der Waals surface area contributed by atoms with Gasteiger partial charge in [0.2, 0.25) is 10.0 Å². The largest absolute Gasteiger partial charge is 0.378 e. The number of rotatable bonds is 6. The van der Waals surface area contributed by atoms with E-state index >= 15 is 0 Å². The van der Waals surface area contributed by atoms with E-state index in [4.69, 9.17) is 9.26 Å². The van der Waals surface area contributed by atoms with Crippen LogP contribution in [0.25, 0.3) is 0 Å². The molecule has 1 aromatic heterocycles. The summed E-state index contributed by atoms with van der Waals surface area (Å²) < 4.78 is 37.6. The quantitative estimate of drug-likeness (QED) is 0.529. The van der Waals surface area contributed by atoms with Gasteiger partial charge in [0.1, 0.15) is 12.0 Å². The average molecular weight is 440 g/mol. The Labute approximate surface area is 178 Å². The van der Waals surface area contributed by atoms with Gasteiger partial charge in [-0.2, -0.15) is 4.31 Å². The molecule has 168 valence electrons. The van der Waals surface area contributed by atoms with E-state index in [0.717, 1.165) is 19.0 Å². The van der Waals surface area contributed by atoms with E-state index in [1.54, 1.807) is 17.4 Å². The molecule has 1 aliphatic heterocycles. The summed E-state index contributed by atoms with van der Waals surface area (Å²) >= 11 is 0. The van der Waals surface area contributed by atoms with Crippen LogP contribution in [0.2, 0.25) is 0 Å². The molecule has 2 aliphatic carbocycles. The Balaban J connectivity index is 1.33.